The van der Waals surface area contributed by atoms with Crippen LogP contribution in [0.2, 0.25) is 0 Å². The van der Waals surface area contributed by atoms with Gasteiger partial charge in [0.1, 0.15) is 5.75 Å². The van der Waals surface area contributed by atoms with Crippen molar-refractivity contribution in [3.63, 3.8) is 0 Å². The van der Waals surface area contributed by atoms with Crippen LogP contribution in [0.25, 0.3) is 0 Å². The van der Waals surface area contributed by atoms with E-state index in [1.807, 2.05) is 48.5 Å². The van der Waals surface area contributed by atoms with Crippen molar-refractivity contribution in [2.75, 3.05) is 25.1 Å². The van der Waals surface area contributed by atoms with Gasteiger partial charge < -0.3 is 15.0 Å². The summed E-state index contributed by atoms with van der Waals surface area (Å²) in [7, 11) is 1.69. The van der Waals surface area contributed by atoms with Gasteiger partial charge in [-0.25, -0.2) is 0 Å². The molecule has 0 heterocycles. The van der Waals surface area contributed by atoms with Gasteiger partial charge >= 0.3 is 0 Å². The Balaban J connectivity index is 1.68. The maximum Gasteiger partial charge on any atom is 0.258 e. The predicted octanol–water partition coefficient (Wildman–Crippen LogP) is 5.36. The number of hydrogen-bond acceptors (Lipinski definition) is 3. The number of rotatable bonds is 10. The standard InChI is InChI=1S/C28H32N2O3/c1-21(2)17-19-33-24-13-9-12-23(20-24)28(32)30(3)26-15-8-7-14-25(26)27(31)29-18-16-22-10-5-4-6-11-22/h4-15,20-21H,16-19H2,1-3H3,(H,29,31). The van der Waals surface area contributed by atoms with Gasteiger partial charge in [-0.2, -0.15) is 0 Å². The molecule has 5 heteroatoms. The summed E-state index contributed by atoms with van der Waals surface area (Å²) in [6.07, 6.45) is 1.69. The van der Waals surface area contributed by atoms with Crippen molar-refractivity contribution in [3.05, 3.63) is 95.6 Å². The molecule has 33 heavy (non-hydrogen) atoms. The van der Waals surface area contributed by atoms with Gasteiger partial charge in [-0.15, -0.1) is 0 Å². The zero-order chi connectivity index (χ0) is 23.6. The molecule has 0 unspecified atom stereocenters. The van der Waals surface area contributed by atoms with Crippen LogP contribution < -0.4 is 15.0 Å². The van der Waals surface area contributed by atoms with Crippen molar-refractivity contribution in [3.8, 4) is 5.75 Å². The lowest BCUT2D eigenvalue weighted by molar-refractivity contribution is 0.0954. The Bertz CT molecular complexity index is 1060. The summed E-state index contributed by atoms with van der Waals surface area (Å²) in [5.41, 5.74) is 2.70. The number of carbonyl (C=O) groups is 2. The average molecular weight is 445 g/mol. The Morgan fingerprint density at radius 2 is 1.67 bits per heavy atom. The van der Waals surface area contributed by atoms with E-state index in [1.54, 1.807) is 37.4 Å². The number of ether oxygens (including phenoxy) is 1. The van der Waals surface area contributed by atoms with Crippen LogP contribution in [0.3, 0.4) is 0 Å². The monoisotopic (exact) mass is 444 g/mol. The molecule has 1 N–H and O–H groups in total. The highest BCUT2D eigenvalue weighted by atomic mass is 16.5. The van der Waals surface area contributed by atoms with Gasteiger partial charge in [-0.1, -0.05) is 62.4 Å². The molecule has 0 fully saturated rings. The molecule has 3 aromatic carbocycles. The van der Waals surface area contributed by atoms with Crippen molar-refractivity contribution in [1.29, 1.82) is 0 Å². The number of amides is 2. The number of hydrogen-bond donors (Lipinski definition) is 1. The number of anilines is 1. The van der Waals surface area contributed by atoms with E-state index < -0.39 is 0 Å². The molecule has 0 atom stereocenters. The Hall–Kier alpha value is -3.60. The van der Waals surface area contributed by atoms with Crippen LogP contribution in [0.4, 0.5) is 5.69 Å². The number of para-hydroxylation sites is 1. The fourth-order valence-corrected chi connectivity index (χ4v) is 3.45. The maximum absolute atomic E-state index is 13.2. The van der Waals surface area contributed by atoms with Crippen LogP contribution in [-0.2, 0) is 6.42 Å². The number of nitrogens with zero attached hydrogens (tertiary/aromatic N) is 1. The van der Waals surface area contributed by atoms with E-state index in [9.17, 15) is 9.59 Å². The molecular formula is C28H32N2O3. The van der Waals surface area contributed by atoms with E-state index >= 15 is 0 Å². The van der Waals surface area contributed by atoms with Gasteiger partial charge in [-0.3, -0.25) is 9.59 Å². The fraction of sp³-hybridized carbons (Fsp3) is 0.286. The summed E-state index contributed by atoms with van der Waals surface area (Å²) < 4.78 is 5.80. The second kappa shape index (κ2) is 11.9. The van der Waals surface area contributed by atoms with E-state index in [-0.39, 0.29) is 11.8 Å². The molecule has 0 saturated carbocycles. The lowest BCUT2D eigenvalue weighted by atomic mass is 10.1. The Labute approximate surface area is 196 Å². The van der Waals surface area contributed by atoms with Crippen LogP contribution in [-0.4, -0.2) is 32.0 Å². The number of carbonyl (C=O) groups excluding carboxylic acids is 2. The van der Waals surface area contributed by atoms with Crippen LogP contribution >= 0.6 is 0 Å². The van der Waals surface area contributed by atoms with Gasteiger partial charge in [0.05, 0.1) is 17.9 Å². The predicted molar refractivity (Wildman–Crippen MR) is 133 cm³/mol. The second-order valence-electron chi connectivity index (χ2n) is 8.43. The lowest BCUT2D eigenvalue weighted by Crippen LogP contribution is -2.31. The Morgan fingerprint density at radius 3 is 2.42 bits per heavy atom. The van der Waals surface area contributed by atoms with E-state index in [4.69, 9.17) is 4.74 Å². The minimum absolute atomic E-state index is 0.200. The molecule has 0 spiro atoms. The number of nitrogens with one attached hydrogen (secondary N) is 1. The fourth-order valence-electron chi connectivity index (χ4n) is 3.45. The molecule has 0 aliphatic heterocycles. The minimum atomic E-state index is -0.202. The molecule has 5 nitrogen and oxygen atoms in total. The van der Waals surface area contributed by atoms with Crippen LogP contribution in [0.15, 0.2) is 78.9 Å². The van der Waals surface area contributed by atoms with Crippen molar-refractivity contribution >= 4 is 17.5 Å². The normalized spacial score (nSPS) is 10.7. The maximum atomic E-state index is 13.2. The smallest absolute Gasteiger partial charge is 0.258 e. The first-order valence-corrected chi connectivity index (χ1v) is 11.4. The summed E-state index contributed by atoms with van der Waals surface area (Å²) in [5, 5.41) is 2.97. The van der Waals surface area contributed by atoms with Crippen LogP contribution in [0, 0.1) is 5.92 Å². The molecular weight excluding hydrogens is 412 g/mol. The molecule has 3 aromatic rings. The summed E-state index contributed by atoms with van der Waals surface area (Å²) >= 11 is 0. The molecule has 0 aliphatic carbocycles. The van der Waals surface area contributed by atoms with Crippen molar-refractivity contribution < 1.29 is 14.3 Å². The Morgan fingerprint density at radius 1 is 0.939 bits per heavy atom. The van der Waals surface area contributed by atoms with Crippen LogP contribution in [0.5, 0.6) is 5.75 Å². The van der Waals surface area contributed by atoms with Crippen LogP contribution in [0.1, 0.15) is 46.5 Å². The zero-order valence-electron chi connectivity index (χ0n) is 19.6. The molecule has 0 saturated heterocycles. The van der Waals surface area contributed by atoms with Gasteiger partial charge in [0.15, 0.2) is 0 Å². The van der Waals surface area contributed by atoms with Gasteiger partial charge in [-0.05, 0) is 54.7 Å². The first kappa shape index (κ1) is 24.1. The summed E-state index contributed by atoms with van der Waals surface area (Å²) in [6.45, 7) is 5.42. The molecule has 0 radical (unpaired) electrons. The van der Waals surface area contributed by atoms with Gasteiger partial charge in [0, 0.05) is 19.2 Å². The summed E-state index contributed by atoms with van der Waals surface area (Å²) in [6, 6.07) is 24.3. The highest BCUT2D eigenvalue weighted by Gasteiger charge is 2.20. The van der Waals surface area contributed by atoms with E-state index in [0.29, 0.717) is 41.6 Å². The molecule has 0 aliphatic rings. The lowest BCUT2D eigenvalue weighted by Gasteiger charge is -2.21. The number of benzene rings is 3. The molecule has 2 amide bonds. The quantitative estimate of drug-likeness (QED) is 0.458. The first-order chi connectivity index (χ1) is 16.0. The van der Waals surface area contributed by atoms with Crippen molar-refractivity contribution in [2.24, 2.45) is 5.92 Å². The van der Waals surface area contributed by atoms with Crippen molar-refractivity contribution in [1.82, 2.24) is 5.32 Å². The third-order valence-corrected chi connectivity index (χ3v) is 5.40. The zero-order valence-corrected chi connectivity index (χ0v) is 19.6. The molecule has 3 rings (SSSR count). The van der Waals surface area contributed by atoms with E-state index in [0.717, 1.165) is 18.4 Å². The van der Waals surface area contributed by atoms with Crippen molar-refractivity contribution in [2.45, 2.75) is 26.7 Å². The average Bonchev–Trinajstić information content (AvgIpc) is 2.83. The summed E-state index contributed by atoms with van der Waals surface area (Å²) in [5.74, 6) is 0.818. The Kier molecular flexibility index (Phi) is 8.64. The SMILES string of the molecule is CC(C)CCOc1cccc(C(=O)N(C)c2ccccc2C(=O)NCCc2ccccc2)c1. The second-order valence-corrected chi connectivity index (χ2v) is 8.43. The topological polar surface area (TPSA) is 58.6 Å². The third-order valence-electron chi connectivity index (χ3n) is 5.40. The summed E-state index contributed by atoms with van der Waals surface area (Å²) in [4.78, 5) is 27.6. The first-order valence-electron chi connectivity index (χ1n) is 11.4. The highest BCUT2D eigenvalue weighted by Crippen LogP contribution is 2.23. The molecule has 0 bridgehead atoms. The largest absolute Gasteiger partial charge is 0.494 e. The third kappa shape index (κ3) is 6.94. The van der Waals surface area contributed by atoms with Gasteiger partial charge in [0.25, 0.3) is 11.8 Å². The highest BCUT2D eigenvalue weighted by molar-refractivity contribution is 6.10. The van der Waals surface area contributed by atoms with E-state index in [1.165, 1.54) is 4.90 Å². The molecule has 0 aromatic heterocycles. The minimum Gasteiger partial charge on any atom is -0.494 e. The van der Waals surface area contributed by atoms with E-state index in [2.05, 4.69) is 19.2 Å². The van der Waals surface area contributed by atoms with Gasteiger partial charge in [0.2, 0.25) is 0 Å². The molecule has 172 valence electrons.